The Morgan fingerprint density at radius 1 is 1.16 bits per heavy atom. The van der Waals surface area contributed by atoms with E-state index in [1.54, 1.807) is 17.4 Å². The number of nitrogens with one attached hydrogen (secondary N) is 1. The lowest BCUT2D eigenvalue weighted by molar-refractivity contribution is -0.127. The summed E-state index contributed by atoms with van der Waals surface area (Å²) in [5.41, 5.74) is 1.55. The quantitative estimate of drug-likeness (QED) is 0.715. The van der Waals surface area contributed by atoms with E-state index in [0.717, 1.165) is 10.4 Å². The molecule has 0 spiro atoms. The van der Waals surface area contributed by atoms with Gasteiger partial charge in [0.2, 0.25) is 0 Å². The molecule has 1 fully saturated rings. The second-order valence-electron chi connectivity index (χ2n) is 5.78. The third-order valence-electron chi connectivity index (χ3n) is 4.03. The van der Waals surface area contributed by atoms with Gasteiger partial charge in [0.1, 0.15) is 11.7 Å². The number of carbonyl (C=O) groups is 2. The number of hydrogen-bond acceptors (Lipinski definition) is 5. The highest BCUT2D eigenvalue weighted by molar-refractivity contribution is 7.13. The van der Waals surface area contributed by atoms with Crippen LogP contribution in [-0.2, 0) is 17.8 Å². The van der Waals surface area contributed by atoms with Crippen LogP contribution < -0.4 is 5.32 Å². The van der Waals surface area contributed by atoms with Gasteiger partial charge in [0.05, 0.1) is 11.4 Å². The summed E-state index contributed by atoms with van der Waals surface area (Å²) in [5.74, 6) is 0.396. The van der Waals surface area contributed by atoms with Crippen LogP contribution in [0.1, 0.15) is 11.3 Å². The van der Waals surface area contributed by atoms with Crippen molar-refractivity contribution < 1.29 is 14.1 Å². The highest BCUT2D eigenvalue weighted by Crippen LogP contribution is 2.26. The number of aromatic nitrogens is 1. The first kappa shape index (κ1) is 15.6. The molecular weight excluding hydrogens is 338 g/mol. The molecule has 25 heavy (non-hydrogen) atoms. The second kappa shape index (κ2) is 6.52. The molecule has 3 aromatic rings. The zero-order chi connectivity index (χ0) is 17.2. The van der Waals surface area contributed by atoms with Gasteiger partial charge in [-0.25, -0.2) is 4.79 Å². The Bertz CT molecular complexity index is 889. The molecule has 6 nitrogen and oxygen atoms in total. The monoisotopic (exact) mass is 353 g/mol. The highest BCUT2D eigenvalue weighted by Gasteiger charge is 2.38. The van der Waals surface area contributed by atoms with E-state index in [0.29, 0.717) is 17.9 Å². The minimum Gasteiger partial charge on any atom is -0.355 e. The van der Waals surface area contributed by atoms with E-state index < -0.39 is 12.1 Å². The van der Waals surface area contributed by atoms with Crippen LogP contribution in [0.25, 0.3) is 10.6 Å². The summed E-state index contributed by atoms with van der Waals surface area (Å²) < 4.78 is 5.30. The van der Waals surface area contributed by atoms with Crippen molar-refractivity contribution in [1.82, 2.24) is 15.4 Å². The zero-order valence-corrected chi connectivity index (χ0v) is 14.0. The molecule has 3 amide bonds. The lowest BCUT2D eigenvalue weighted by Crippen LogP contribution is -2.32. The molecular formula is C18H15N3O3S. The lowest BCUT2D eigenvalue weighted by Gasteiger charge is -2.11. The van der Waals surface area contributed by atoms with Crippen molar-refractivity contribution in [3.05, 3.63) is 65.2 Å². The molecule has 1 aromatic carbocycles. The van der Waals surface area contributed by atoms with Crippen LogP contribution in [0.15, 0.2) is 58.4 Å². The van der Waals surface area contributed by atoms with Crippen molar-refractivity contribution in [2.45, 2.75) is 19.0 Å². The van der Waals surface area contributed by atoms with Gasteiger partial charge in [-0.1, -0.05) is 41.6 Å². The Hall–Kier alpha value is -2.93. The molecule has 0 aliphatic carbocycles. The fourth-order valence-electron chi connectivity index (χ4n) is 2.80. The van der Waals surface area contributed by atoms with Crippen LogP contribution >= 0.6 is 11.3 Å². The Labute approximate surface area is 148 Å². The van der Waals surface area contributed by atoms with E-state index in [4.69, 9.17) is 4.52 Å². The number of nitrogens with zero attached hydrogens (tertiary/aromatic N) is 2. The molecule has 1 saturated heterocycles. The lowest BCUT2D eigenvalue weighted by atomic mass is 10.1. The molecule has 4 rings (SSSR count). The van der Waals surface area contributed by atoms with E-state index in [2.05, 4.69) is 10.5 Å². The van der Waals surface area contributed by atoms with E-state index in [9.17, 15) is 9.59 Å². The third kappa shape index (κ3) is 3.18. The maximum absolute atomic E-state index is 12.5. The molecule has 1 aliphatic rings. The van der Waals surface area contributed by atoms with Gasteiger partial charge >= 0.3 is 6.03 Å². The van der Waals surface area contributed by atoms with Crippen molar-refractivity contribution in [3.8, 4) is 10.6 Å². The van der Waals surface area contributed by atoms with Crippen LogP contribution in [0.2, 0.25) is 0 Å². The predicted molar refractivity (Wildman–Crippen MR) is 92.8 cm³/mol. The standard InChI is InChI=1S/C18H15N3O3S/c22-17-14(9-12-5-2-1-3-6-12)19-18(23)21(17)11-13-10-15(24-20-13)16-7-4-8-25-16/h1-8,10,14H,9,11H2,(H,19,23). The molecule has 1 N–H and O–H groups in total. The van der Waals surface area contributed by atoms with Crippen LogP contribution in [0, 0.1) is 0 Å². The molecule has 1 atom stereocenters. The van der Waals surface area contributed by atoms with Crippen LogP contribution in [0.5, 0.6) is 0 Å². The largest absolute Gasteiger partial charge is 0.355 e. The number of carbonyl (C=O) groups excluding carboxylic acids is 2. The van der Waals surface area contributed by atoms with Gasteiger partial charge in [0, 0.05) is 12.5 Å². The third-order valence-corrected chi connectivity index (χ3v) is 4.92. The summed E-state index contributed by atoms with van der Waals surface area (Å²) in [7, 11) is 0. The number of amides is 3. The Morgan fingerprint density at radius 3 is 2.76 bits per heavy atom. The van der Waals surface area contributed by atoms with E-state index in [1.165, 1.54) is 4.90 Å². The minimum atomic E-state index is -0.543. The Morgan fingerprint density at radius 2 is 2.00 bits per heavy atom. The molecule has 0 bridgehead atoms. The SMILES string of the molecule is O=C1NC(Cc2ccccc2)C(=O)N1Cc1cc(-c2cccs2)on1. The van der Waals surface area contributed by atoms with Crippen molar-refractivity contribution in [1.29, 1.82) is 0 Å². The van der Waals surface area contributed by atoms with Crippen molar-refractivity contribution in [3.63, 3.8) is 0 Å². The summed E-state index contributed by atoms with van der Waals surface area (Å²) in [6.07, 6.45) is 0.473. The van der Waals surface area contributed by atoms with E-state index >= 15 is 0 Å². The molecule has 1 aliphatic heterocycles. The summed E-state index contributed by atoms with van der Waals surface area (Å²) in [5, 5.41) is 8.66. The number of urea groups is 1. The number of imide groups is 1. The number of thiophene rings is 1. The van der Waals surface area contributed by atoms with Crippen molar-refractivity contribution in [2.75, 3.05) is 0 Å². The fraction of sp³-hybridized carbons (Fsp3) is 0.167. The van der Waals surface area contributed by atoms with Crippen LogP contribution in [0.4, 0.5) is 4.79 Å². The summed E-state index contributed by atoms with van der Waals surface area (Å²) in [6.45, 7) is 0.102. The zero-order valence-electron chi connectivity index (χ0n) is 13.2. The number of rotatable bonds is 5. The first-order chi connectivity index (χ1) is 12.2. The van der Waals surface area contributed by atoms with E-state index in [-0.39, 0.29) is 12.5 Å². The first-order valence-electron chi connectivity index (χ1n) is 7.86. The van der Waals surface area contributed by atoms with Gasteiger partial charge in [-0.3, -0.25) is 9.69 Å². The topological polar surface area (TPSA) is 75.4 Å². The summed E-state index contributed by atoms with van der Waals surface area (Å²) in [4.78, 5) is 26.8. The Kier molecular flexibility index (Phi) is 4.07. The molecule has 2 aromatic heterocycles. The van der Waals surface area contributed by atoms with Gasteiger partial charge in [-0.2, -0.15) is 0 Å². The normalized spacial score (nSPS) is 17.1. The van der Waals surface area contributed by atoms with Gasteiger partial charge in [0.15, 0.2) is 5.76 Å². The van der Waals surface area contributed by atoms with Gasteiger partial charge in [0.25, 0.3) is 5.91 Å². The first-order valence-corrected chi connectivity index (χ1v) is 8.74. The maximum atomic E-state index is 12.5. The molecule has 126 valence electrons. The second-order valence-corrected chi connectivity index (χ2v) is 6.72. The highest BCUT2D eigenvalue weighted by atomic mass is 32.1. The van der Waals surface area contributed by atoms with E-state index in [1.807, 2.05) is 47.8 Å². The summed E-state index contributed by atoms with van der Waals surface area (Å²) in [6, 6.07) is 14.3. The molecule has 0 radical (unpaired) electrons. The average Bonchev–Trinajstić information content (AvgIpc) is 3.34. The molecule has 7 heteroatoms. The van der Waals surface area contributed by atoms with Crippen molar-refractivity contribution >= 4 is 23.3 Å². The molecule has 1 unspecified atom stereocenters. The van der Waals surface area contributed by atoms with Crippen molar-refractivity contribution in [2.24, 2.45) is 0 Å². The average molecular weight is 353 g/mol. The van der Waals surface area contributed by atoms with Gasteiger partial charge in [-0.15, -0.1) is 11.3 Å². The Balaban J connectivity index is 1.46. The fourth-order valence-corrected chi connectivity index (χ4v) is 3.47. The molecule has 3 heterocycles. The molecule has 0 saturated carbocycles. The van der Waals surface area contributed by atoms with Crippen LogP contribution in [-0.4, -0.2) is 28.0 Å². The maximum Gasteiger partial charge on any atom is 0.325 e. The smallest absolute Gasteiger partial charge is 0.325 e. The minimum absolute atomic E-state index is 0.102. The van der Waals surface area contributed by atoms with Crippen LogP contribution in [0.3, 0.4) is 0 Å². The van der Waals surface area contributed by atoms with Gasteiger partial charge < -0.3 is 9.84 Å². The predicted octanol–water partition coefficient (Wildman–Crippen LogP) is 3.07. The summed E-state index contributed by atoms with van der Waals surface area (Å²) >= 11 is 1.54. The van der Waals surface area contributed by atoms with Gasteiger partial charge in [-0.05, 0) is 17.0 Å². The number of hydrogen-bond donors (Lipinski definition) is 1. The number of benzene rings is 1.